The molecule has 0 amide bonds. The van der Waals surface area contributed by atoms with Gasteiger partial charge in [-0.25, -0.2) is 0 Å². The number of nitrogens with one attached hydrogen (secondary N) is 1. The van der Waals surface area contributed by atoms with Crippen molar-refractivity contribution in [3.05, 3.63) is 39.5 Å². The summed E-state index contributed by atoms with van der Waals surface area (Å²) in [4.78, 5) is 30.0. The first-order chi connectivity index (χ1) is 13.0. The molecule has 2 unspecified atom stereocenters. The van der Waals surface area contributed by atoms with Gasteiger partial charge < -0.3 is 19.9 Å². The van der Waals surface area contributed by atoms with E-state index >= 15 is 0 Å². The molecule has 144 valence electrons. The van der Waals surface area contributed by atoms with Gasteiger partial charge in [-0.1, -0.05) is 13.8 Å². The highest BCUT2D eigenvalue weighted by atomic mass is 16.5. The van der Waals surface area contributed by atoms with E-state index in [-0.39, 0.29) is 22.8 Å². The van der Waals surface area contributed by atoms with Crippen LogP contribution in [0.1, 0.15) is 42.5 Å². The Morgan fingerprint density at radius 3 is 2.50 bits per heavy atom. The van der Waals surface area contributed by atoms with Gasteiger partial charge in [0.15, 0.2) is 5.60 Å². The van der Waals surface area contributed by atoms with Crippen molar-refractivity contribution < 1.29 is 24.5 Å². The third-order valence-electron chi connectivity index (χ3n) is 6.78. The molecule has 0 saturated carbocycles. The second-order valence-corrected chi connectivity index (χ2v) is 8.63. The number of rotatable bonds is 0. The highest BCUT2D eigenvalue weighted by Gasteiger charge is 2.65. The van der Waals surface area contributed by atoms with E-state index in [0.29, 0.717) is 27.1 Å². The first-order valence-electron chi connectivity index (χ1n) is 9.32. The number of aryl methyl sites for hydroxylation is 2. The molecule has 2 aromatic rings. The molecule has 2 heterocycles. The molecule has 1 saturated heterocycles. The molecule has 1 aromatic carbocycles. The average Bonchev–Trinajstić information content (AvgIpc) is 3.07. The zero-order chi connectivity index (χ0) is 20.3. The molecule has 3 aliphatic rings. The van der Waals surface area contributed by atoms with Gasteiger partial charge in [0.2, 0.25) is 11.6 Å². The lowest BCUT2D eigenvalue weighted by Crippen LogP contribution is -2.59. The van der Waals surface area contributed by atoms with Crippen LogP contribution >= 0.6 is 0 Å². The first kappa shape index (κ1) is 17.3. The molecule has 0 spiro atoms. The van der Waals surface area contributed by atoms with Crippen LogP contribution in [0.15, 0.2) is 12.1 Å². The number of phenols is 1. The average molecular weight is 379 g/mol. The summed E-state index contributed by atoms with van der Waals surface area (Å²) in [5, 5.41) is 23.3. The van der Waals surface area contributed by atoms with Gasteiger partial charge in [0, 0.05) is 32.7 Å². The van der Waals surface area contributed by atoms with Gasteiger partial charge in [0.1, 0.15) is 17.6 Å². The molecule has 1 aromatic heterocycles. The Morgan fingerprint density at radius 2 is 1.82 bits per heavy atom. The highest BCUT2D eigenvalue weighted by molar-refractivity contribution is 6.50. The minimum absolute atomic E-state index is 0.00866. The van der Waals surface area contributed by atoms with Crippen LogP contribution in [0.2, 0.25) is 0 Å². The van der Waals surface area contributed by atoms with E-state index in [1.54, 1.807) is 39.8 Å². The van der Waals surface area contributed by atoms with E-state index in [1.807, 2.05) is 6.92 Å². The number of hydrogen-bond acceptors (Lipinski definition) is 5. The summed E-state index contributed by atoms with van der Waals surface area (Å²) >= 11 is 0. The van der Waals surface area contributed by atoms with E-state index in [0.717, 1.165) is 5.69 Å². The van der Waals surface area contributed by atoms with Gasteiger partial charge in [-0.05, 0) is 38.5 Å². The molecule has 3 N–H and O–H groups in total. The van der Waals surface area contributed by atoms with E-state index in [2.05, 4.69) is 4.98 Å². The number of aromatic nitrogens is 1. The quantitative estimate of drug-likeness (QED) is 0.639. The molecule has 6 heteroatoms. The van der Waals surface area contributed by atoms with Gasteiger partial charge in [-0.2, -0.15) is 0 Å². The number of aromatic hydroxyl groups is 1. The van der Waals surface area contributed by atoms with E-state index in [4.69, 9.17) is 4.74 Å². The summed E-state index contributed by atoms with van der Waals surface area (Å²) < 4.78 is 6.03. The molecule has 0 radical (unpaired) electrons. The summed E-state index contributed by atoms with van der Waals surface area (Å²) in [5.41, 5.74) is -0.324. The molecular formula is C22H21NO5. The van der Waals surface area contributed by atoms with Crippen LogP contribution in [0.5, 0.6) is 5.75 Å². The molecule has 2 aliphatic carbocycles. The minimum atomic E-state index is -1.94. The van der Waals surface area contributed by atoms with Gasteiger partial charge in [-0.15, -0.1) is 0 Å². The fourth-order valence-electron chi connectivity index (χ4n) is 4.85. The van der Waals surface area contributed by atoms with Gasteiger partial charge in [0.05, 0.1) is 11.3 Å². The number of phenolic OH excluding ortho intramolecular Hbond substituents is 1. The smallest absolute Gasteiger partial charge is 0.214 e. The van der Waals surface area contributed by atoms with Crippen molar-refractivity contribution in [1.82, 2.24) is 4.98 Å². The monoisotopic (exact) mass is 379 g/mol. The number of Topliss-reactive ketones (excluding diaryl/α,β-unsaturated/α-hetero) is 2. The number of H-pyrrole nitrogens is 1. The van der Waals surface area contributed by atoms with Crippen LogP contribution in [0, 0.1) is 19.3 Å². The SMILES string of the molecule is Cc1cc2c([nH]1)C(=O)C1=c3c-2c(O)cc(C)c3=C2OC(C)C(C)(C)C2(O)C1=O. The van der Waals surface area contributed by atoms with Crippen molar-refractivity contribution in [1.29, 1.82) is 0 Å². The number of carbonyl (C=O) groups is 2. The lowest BCUT2D eigenvalue weighted by molar-refractivity contribution is -0.134. The molecule has 1 fully saturated rings. The fraction of sp³-hybridized carbons (Fsp3) is 0.364. The number of benzene rings is 1. The maximum absolute atomic E-state index is 13.6. The van der Waals surface area contributed by atoms with Crippen LogP contribution < -0.4 is 10.4 Å². The van der Waals surface area contributed by atoms with Crippen LogP contribution in [-0.4, -0.2) is 38.5 Å². The molecule has 0 bridgehead atoms. The fourth-order valence-corrected chi connectivity index (χ4v) is 4.85. The molecule has 28 heavy (non-hydrogen) atoms. The molecule has 1 aliphatic heterocycles. The Morgan fingerprint density at radius 1 is 1.14 bits per heavy atom. The lowest BCUT2D eigenvalue weighted by atomic mass is 9.65. The number of aliphatic hydroxyl groups is 1. The van der Waals surface area contributed by atoms with E-state index in [1.165, 1.54) is 0 Å². The van der Waals surface area contributed by atoms with Gasteiger partial charge in [0.25, 0.3) is 0 Å². The summed E-state index contributed by atoms with van der Waals surface area (Å²) in [6.07, 6.45) is -0.434. The van der Waals surface area contributed by atoms with Crippen molar-refractivity contribution >= 4 is 22.9 Å². The number of carbonyl (C=O) groups excluding carboxylic acids is 2. The van der Waals surface area contributed by atoms with Crippen molar-refractivity contribution in [2.75, 3.05) is 0 Å². The predicted octanol–water partition coefficient (Wildman–Crippen LogP) is 1.22. The summed E-state index contributed by atoms with van der Waals surface area (Å²) in [6.45, 7) is 8.92. The third kappa shape index (κ3) is 1.60. The number of hydrogen-bond donors (Lipinski definition) is 3. The maximum Gasteiger partial charge on any atom is 0.214 e. The third-order valence-corrected chi connectivity index (χ3v) is 6.78. The van der Waals surface area contributed by atoms with E-state index < -0.39 is 28.7 Å². The van der Waals surface area contributed by atoms with Crippen molar-refractivity contribution in [2.24, 2.45) is 5.41 Å². The number of fused-ring (bicyclic) bond motifs is 3. The lowest BCUT2D eigenvalue weighted by Gasteiger charge is -2.37. The summed E-state index contributed by atoms with van der Waals surface area (Å²) in [6, 6.07) is 3.38. The van der Waals surface area contributed by atoms with Crippen molar-refractivity contribution in [3.63, 3.8) is 0 Å². The van der Waals surface area contributed by atoms with Crippen molar-refractivity contribution in [3.8, 4) is 16.9 Å². The van der Waals surface area contributed by atoms with Crippen molar-refractivity contribution in [2.45, 2.75) is 46.3 Å². The zero-order valence-electron chi connectivity index (χ0n) is 16.4. The minimum Gasteiger partial charge on any atom is -0.507 e. The maximum atomic E-state index is 13.6. The Labute approximate surface area is 161 Å². The topological polar surface area (TPSA) is 99.6 Å². The van der Waals surface area contributed by atoms with E-state index in [9.17, 15) is 19.8 Å². The van der Waals surface area contributed by atoms with Crippen LogP contribution in [0.25, 0.3) is 22.5 Å². The largest absolute Gasteiger partial charge is 0.507 e. The zero-order valence-corrected chi connectivity index (χ0v) is 16.4. The van der Waals surface area contributed by atoms with Gasteiger partial charge >= 0.3 is 0 Å². The Balaban J connectivity index is 2.09. The molecule has 2 atom stereocenters. The Hall–Kier alpha value is -2.86. The standard InChI is InChI=1S/C22H21NO5/c1-8-6-12(24)14-11-7-9(2)23-17(11)18(25)16-15(14)13(8)20-22(27,19(16)26)21(4,5)10(3)28-20/h6-7,10,23-24,27H,1-5H3. The number of aromatic amines is 1. The Kier molecular flexibility index (Phi) is 2.93. The molecule has 5 rings (SSSR count). The Bertz CT molecular complexity index is 1260. The molecular weight excluding hydrogens is 358 g/mol. The van der Waals surface area contributed by atoms with Crippen LogP contribution in [-0.2, 0) is 9.53 Å². The number of ether oxygens (including phenoxy) is 1. The first-order valence-corrected chi connectivity index (χ1v) is 9.32. The summed E-state index contributed by atoms with van der Waals surface area (Å²) in [7, 11) is 0. The highest BCUT2D eigenvalue weighted by Crippen LogP contribution is 2.52. The van der Waals surface area contributed by atoms with Crippen LogP contribution in [0.4, 0.5) is 0 Å². The normalized spacial score (nSPS) is 26.7. The van der Waals surface area contributed by atoms with Gasteiger partial charge in [-0.3, -0.25) is 9.59 Å². The molecule has 6 nitrogen and oxygen atoms in total. The predicted molar refractivity (Wildman–Crippen MR) is 102 cm³/mol. The second kappa shape index (κ2) is 4.75. The second-order valence-electron chi connectivity index (χ2n) is 8.63. The summed E-state index contributed by atoms with van der Waals surface area (Å²) in [5.74, 6) is -0.963. The number of ketones is 2. The van der Waals surface area contributed by atoms with Crippen LogP contribution in [0.3, 0.4) is 0 Å².